The summed E-state index contributed by atoms with van der Waals surface area (Å²) in [7, 11) is 0. The van der Waals surface area contributed by atoms with Crippen molar-refractivity contribution < 1.29 is 0 Å². The van der Waals surface area contributed by atoms with E-state index in [1.165, 1.54) is 28.4 Å². The van der Waals surface area contributed by atoms with E-state index in [-0.39, 0.29) is 0 Å². The predicted octanol–water partition coefficient (Wildman–Crippen LogP) is 4.80. The number of pyridine rings is 1. The van der Waals surface area contributed by atoms with Crippen LogP contribution in [-0.4, -0.2) is 19.5 Å². The van der Waals surface area contributed by atoms with Crippen LogP contribution in [0.15, 0.2) is 61.2 Å². The van der Waals surface area contributed by atoms with Crippen molar-refractivity contribution >= 4 is 11.3 Å². The third-order valence-corrected chi connectivity index (χ3v) is 6.26. The van der Waals surface area contributed by atoms with Gasteiger partial charge in [0.2, 0.25) is 0 Å². The van der Waals surface area contributed by atoms with Gasteiger partial charge in [-0.1, -0.05) is 30.3 Å². The topological polar surface area (TPSA) is 43.6 Å². The molecule has 0 aliphatic heterocycles. The number of imidazole rings is 1. The Morgan fingerprint density at radius 3 is 2.63 bits per heavy atom. The van der Waals surface area contributed by atoms with Crippen LogP contribution in [0.3, 0.4) is 0 Å². The number of fused-ring (bicyclic) bond motifs is 1. The van der Waals surface area contributed by atoms with Gasteiger partial charge < -0.3 is 4.57 Å². The molecule has 5 heteroatoms. The number of benzene rings is 1. The third-order valence-electron chi connectivity index (χ3n) is 5.05. The minimum absolute atomic E-state index is 0.879. The smallest absolute Gasteiger partial charge is 0.0963 e. The summed E-state index contributed by atoms with van der Waals surface area (Å²) in [6.45, 7) is 0.879. The highest BCUT2D eigenvalue weighted by Crippen LogP contribution is 2.32. The second-order valence-electron chi connectivity index (χ2n) is 6.82. The molecule has 3 aromatic heterocycles. The van der Waals surface area contributed by atoms with Crippen molar-refractivity contribution in [3.05, 3.63) is 76.8 Å². The molecule has 1 aliphatic rings. The van der Waals surface area contributed by atoms with Gasteiger partial charge >= 0.3 is 0 Å². The zero-order chi connectivity index (χ0) is 18.1. The van der Waals surface area contributed by atoms with E-state index >= 15 is 0 Å². The van der Waals surface area contributed by atoms with Crippen LogP contribution >= 0.6 is 11.3 Å². The first-order chi connectivity index (χ1) is 13.4. The Kier molecular flexibility index (Phi) is 4.30. The number of nitrogens with zero attached hydrogens (tertiary/aromatic N) is 4. The molecular formula is C22H20N4S. The van der Waals surface area contributed by atoms with E-state index in [0.717, 1.165) is 41.9 Å². The summed E-state index contributed by atoms with van der Waals surface area (Å²) in [6, 6.07) is 14.5. The molecule has 0 saturated heterocycles. The molecule has 0 amide bonds. The van der Waals surface area contributed by atoms with E-state index in [9.17, 15) is 0 Å². The Bertz CT molecular complexity index is 1030. The fraction of sp³-hybridized carbons (Fsp3) is 0.227. The summed E-state index contributed by atoms with van der Waals surface area (Å²) in [4.78, 5) is 15.3. The van der Waals surface area contributed by atoms with Gasteiger partial charge in [0.15, 0.2) is 0 Å². The summed E-state index contributed by atoms with van der Waals surface area (Å²) >= 11 is 1.89. The lowest BCUT2D eigenvalue weighted by Crippen LogP contribution is -2.02. The summed E-state index contributed by atoms with van der Waals surface area (Å²) in [5.74, 6) is 0. The zero-order valence-electron chi connectivity index (χ0n) is 15.0. The molecule has 4 nitrogen and oxygen atoms in total. The maximum Gasteiger partial charge on any atom is 0.0963 e. The van der Waals surface area contributed by atoms with Gasteiger partial charge in [-0.3, -0.25) is 4.98 Å². The average molecular weight is 372 g/mol. The molecule has 1 aliphatic carbocycles. The van der Waals surface area contributed by atoms with E-state index in [0.29, 0.717) is 0 Å². The normalized spacial score (nSPS) is 13.0. The van der Waals surface area contributed by atoms with E-state index in [4.69, 9.17) is 9.97 Å². The molecule has 0 unspecified atom stereocenters. The fourth-order valence-electron chi connectivity index (χ4n) is 3.74. The standard InChI is InChI=1S/C22H20N4S/c1-2-5-16(6-3-1)21-22(17-9-12-23-13-10-17)26(15-24-21)14-11-20-25-18-7-4-8-19(18)27-20/h1-3,5-6,9-10,12-13,15H,4,7-8,11,14H2. The Hall–Kier alpha value is -2.79. The molecule has 0 atom stereocenters. The molecule has 134 valence electrons. The quantitative estimate of drug-likeness (QED) is 0.505. The number of hydrogen-bond acceptors (Lipinski definition) is 4. The van der Waals surface area contributed by atoms with Crippen molar-refractivity contribution in [1.29, 1.82) is 0 Å². The fourth-order valence-corrected chi connectivity index (χ4v) is 4.88. The van der Waals surface area contributed by atoms with Crippen molar-refractivity contribution in [1.82, 2.24) is 19.5 Å². The largest absolute Gasteiger partial charge is 0.330 e. The Morgan fingerprint density at radius 2 is 1.81 bits per heavy atom. The molecule has 1 aromatic carbocycles. The number of aromatic nitrogens is 4. The van der Waals surface area contributed by atoms with Crippen LogP contribution in [0.5, 0.6) is 0 Å². The van der Waals surface area contributed by atoms with Crippen molar-refractivity contribution in [3.8, 4) is 22.5 Å². The van der Waals surface area contributed by atoms with Crippen LogP contribution in [0.4, 0.5) is 0 Å². The number of aryl methyl sites for hydroxylation is 4. The lowest BCUT2D eigenvalue weighted by atomic mass is 10.1. The highest BCUT2D eigenvalue weighted by molar-refractivity contribution is 7.11. The van der Waals surface area contributed by atoms with E-state index in [1.54, 1.807) is 0 Å². The second kappa shape index (κ2) is 7.08. The Morgan fingerprint density at radius 1 is 0.963 bits per heavy atom. The molecule has 0 fully saturated rings. The van der Waals surface area contributed by atoms with E-state index < -0.39 is 0 Å². The van der Waals surface area contributed by atoms with Crippen molar-refractivity contribution in [2.45, 2.75) is 32.2 Å². The van der Waals surface area contributed by atoms with Crippen molar-refractivity contribution in [2.24, 2.45) is 0 Å². The van der Waals surface area contributed by atoms with Crippen LogP contribution in [0.25, 0.3) is 22.5 Å². The molecule has 0 spiro atoms. The number of thiazole rings is 1. The third kappa shape index (κ3) is 3.19. The molecule has 0 N–H and O–H groups in total. The average Bonchev–Trinajstić information content (AvgIpc) is 3.42. The predicted molar refractivity (Wildman–Crippen MR) is 109 cm³/mol. The van der Waals surface area contributed by atoms with Crippen LogP contribution in [-0.2, 0) is 25.8 Å². The molecule has 0 radical (unpaired) electrons. The van der Waals surface area contributed by atoms with Gasteiger partial charge in [-0.25, -0.2) is 9.97 Å². The molecular weight excluding hydrogens is 352 g/mol. The van der Waals surface area contributed by atoms with Crippen LogP contribution < -0.4 is 0 Å². The van der Waals surface area contributed by atoms with Crippen LogP contribution in [0.1, 0.15) is 22.0 Å². The van der Waals surface area contributed by atoms with Gasteiger partial charge in [-0.2, -0.15) is 0 Å². The Balaban J connectivity index is 1.49. The van der Waals surface area contributed by atoms with Gasteiger partial charge in [-0.15, -0.1) is 11.3 Å². The van der Waals surface area contributed by atoms with Crippen molar-refractivity contribution in [2.75, 3.05) is 0 Å². The Labute approximate surface area is 162 Å². The van der Waals surface area contributed by atoms with Gasteiger partial charge in [0.25, 0.3) is 0 Å². The first-order valence-electron chi connectivity index (χ1n) is 9.37. The molecule has 0 saturated carbocycles. The zero-order valence-corrected chi connectivity index (χ0v) is 15.8. The highest BCUT2D eigenvalue weighted by atomic mass is 32.1. The summed E-state index contributed by atoms with van der Waals surface area (Å²) < 4.78 is 2.25. The molecule has 5 rings (SSSR count). The summed E-state index contributed by atoms with van der Waals surface area (Å²) in [6.07, 6.45) is 10.2. The van der Waals surface area contributed by atoms with Crippen molar-refractivity contribution in [3.63, 3.8) is 0 Å². The molecule has 4 aromatic rings. The monoisotopic (exact) mass is 372 g/mol. The molecule has 27 heavy (non-hydrogen) atoms. The van der Waals surface area contributed by atoms with Crippen LogP contribution in [0, 0.1) is 0 Å². The van der Waals surface area contributed by atoms with Gasteiger partial charge in [0.1, 0.15) is 0 Å². The first-order valence-corrected chi connectivity index (χ1v) is 10.2. The lowest BCUT2D eigenvalue weighted by molar-refractivity contribution is 0.697. The minimum atomic E-state index is 0.879. The number of hydrogen-bond donors (Lipinski definition) is 0. The lowest BCUT2D eigenvalue weighted by Gasteiger charge is -2.10. The SMILES string of the molecule is c1ccc(-c2ncn(CCc3nc4c(s3)CCC4)c2-c2ccncc2)cc1. The van der Waals surface area contributed by atoms with Crippen LogP contribution in [0.2, 0.25) is 0 Å². The van der Waals surface area contributed by atoms with Gasteiger partial charge in [0, 0.05) is 41.4 Å². The number of rotatable bonds is 5. The molecule has 0 bridgehead atoms. The maximum atomic E-state index is 4.85. The highest BCUT2D eigenvalue weighted by Gasteiger charge is 2.18. The first kappa shape index (κ1) is 16.4. The molecule has 3 heterocycles. The summed E-state index contributed by atoms with van der Waals surface area (Å²) in [5.41, 5.74) is 5.77. The van der Waals surface area contributed by atoms with E-state index in [1.807, 2.05) is 36.1 Å². The van der Waals surface area contributed by atoms with Gasteiger partial charge in [0.05, 0.1) is 28.4 Å². The second-order valence-corrected chi connectivity index (χ2v) is 7.99. The maximum absolute atomic E-state index is 4.85. The minimum Gasteiger partial charge on any atom is -0.330 e. The summed E-state index contributed by atoms with van der Waals surface area (Å²) in [5, 5.41) is 1.25. The van der Waals surface area contributed by atoms with Gasteiger partial charge in [-0.05, 0) is 31.4 Å². The van der Waals surface area contributed by atoms with E-state index in [2.05, 4.69) is 45.9 Å².